The molecule has 2 aromatic heterocycles. The number of amides is 1. The molecular formula is C9H7N3O3S2. The van der Waals surface area contributed by atoms with Crippen LogP contribution in [0.2, 0.25) is 0 Å². The molecule has 0 saturated heterocycles. The van der Waals surface area contributed by atoms with Gasteiger partial charge in [-0.15, -0.1) is 22.7 Å². The minimum Gasteiger partial charge on any atom is -0.481 e. The van der Waals surface area contributed by atoms with E-state index in [1.54, 1.807) is 10.9 Å². The molecule has 0 aromatic carbocycles. The third-order valence-corrected chi connectivity index (χ3v) is 3.34. The molecule has 0 fully saturated rings. The van der Waals surface area contributed by atoms with Crippen molar-refractivity contribution in [3.05, 3.63) is 27.7 Å². The normalized spacial score (nSPS) is 10.1. The first-order valence-corrected chi connectivity index (χ1v) is 6.27. The lowest BCUT2D eigenvalue weighted by Crippen LogP contribution is -2.10. The van der Waals surface area contributed by atoms with Crippen molar-refractivity contribution in [3.63, 3.8) is 0 Å². The Morgan fingerprint density at radius 1 is 1.41 bits per heavy atom. The number of thiazole rings is 2. The van der Waals surface area contributed by atoms with Crippen molar-refractivity contribution in [2.45, 2.75) is 6.42 Å². The highest BCUT2D eigenvalue weighted by atomic mass is 32.1. The van der Waals surface area contributed by atoms with Crippen LogP contribution in [0.3, 0.4) is 0 Å². The molecule has 0 saturated carbocycles. The van der Waals surface area contributed by atoms with Crippen molar-refractivity contribution in [3.8, 4) is 0 Å². The summed E-state index contributed by atoms with van der Waals surface area (Å²) in [6.07, 6.45) is 1.32. The summed E-state index contributed by atoms with van der Waals surface area (Å²) < 4.78 is 0. The Labute approximate surface area is 104 Å². The molecule has 0 bridgehead atoms. The molecule has 0 atom stereocenters. The van der Waals surface area contributed by atoms with Crippen molar-refractivity contribution in [1.82, 2.24) is 9.97 Å². The average molecular weight is 269 g/mol. The number of carboxylic acid groups (broad SMARTS) is 1. The first-order valence-electron chi connectivity index (χ1n) is 4.51. The van der Waals surface area contributed by atoms with Crippen LogP contribution in [0.15, 0.2) is 17.1 Å². The van der Waals surface area contributed by atoms with Crippen molar-refractivity contribution in [2.75, 3.05) is 5.32 Å². The molecule has 17 heavy (non-hydrogen) atoms. The van der Waals surface area contributed by atoms with Gasteiger partial charge in [0.25, 0.3) is 5.91 Å². The van der Waals surface area contributed by atoms with E-state index in [9.17, 15) is 9.59 Å². The molecular weight excluding hydrogens is 262 g/mol. The predicted molar refractivity (Wildman–Crippen MR) is 63.5 cm³/mol. The van der Waals surface area contributed by atoms with E-state index in [0.717, 1.165) is 0 Å². The van der Waals surface area contributed by atoms with Gasteiger partial charge in [0.15, 0.2) is 5.13 Å². The fourth-order valence-electron chi connectivity index (χ4n) is 1.09. The number of aliphatic carboxylic acids is 1. The fraction of sp³-hybridized carbons (Fsp3) is 0.111. The molecule has 2 rings (SSSR count). The lowest BCUT2D eigenvalue weighted by atomic mass is 10.3. The monoisotopic (exact) mass is 269 g/mol. The topological polar surface area (TPSA) is 92.2 Å². The van der Waals surface area contributed by atoms with Gasteiger partial charge in [0.05, 0.1) is 23.8 Å². The van der Waals surface area contributed by atoms with Gasteiger partial charge in [0, 0.05) is 5.38 Å². The van der Waals surface area contributed by atoms with E-state index in [2.05, 4.69) is 15.3 Å². The molecule has 0 aliphatic carbocycles. The van der Waals surface area contributed by atoms with Crippen LogP contribution in [0.1, 0.15) is 15.4 Å². The molecule has 2 heterocycles. The lowest BCUT2D eigenvalue weighted by Gasteiger charge is -1.96. The van der Waals surface area contributed by atoms with Crippen LogP contribution in [0.5, 0.6) is 0 Å². The first-order chi connectivity index (χ1) is 8.15. The van der Waals surface area contributed by atoms with Crippen LogP contribution in [0, 0.1) is 0 Å². The van der Waals surface area contributed by atoms with Crippen LogP contribution in [-0.2, 0) is 11.2 Å². The van der Waals surface area contributed by atoms with Crippen molar-refractivity contribution < 1.29 is 14.7 Å². The zero-order valence-corrected chi connectivity index (χ0v) is 10.0. The summed E-state index contributed by atoms with van der Waals surface area (Å²) in [6, 6.07) is 0. The minimum atomic E-state index is -0.948. The number of aromatic nitrogens is 2. The minimum absolute atomic E-state index is 0.146. The van der Waals surface area contributed by atoms with Crippen LogP contribution in [0.25, 0.3) is 0 Å². The second kappa shape index (κ2) is 5.02. The summed E-state index contributed by atoms with van der Waals surface area (Å²) in [7, 11) is 0. The molecule has 88 valence electrons. The summed E-state index contributed by atoms with van der Waals surface area (Å²) >= 11 is 2.42. The zero-order chi connectivity index (χ0) is 12.3. The number of nitrogens with one attached hydrogen (secondary N) is 1. The summed E-state index contributed by atoms with van der Waals surface area (Å²) in [5.41, 5.74) is 1.99. The number of carboxylic acids is 1. The van der Waals surface area contributed by atoms with Crippen LogP contribution in [0.4, 0.5) is 5.13 Å². The third-order valence-electron chi connectivity index (χ3n) is 1.76. The van der Waals surface area contributed by atoms with Crippen LogP contribution in [-0.4, -0.2) is 27.0 Å². The molecule has 2 N–H and O–H groups in total. The van der Waals surface area contributed by atoms with E-state index in [1.807, 2.05) is 0 Å². The van der Waals surface area contributed by atoms with Crippen molar-refractivity contribution >= 4 is 39.7 Å². The van der Waals surface area contributed by atoms with E-state index >= 15 is 0 Å². The number of hydrogen-bond donors (Lipinski definition) is 2. The van der Waals surface area contributed by atoms with Crippen LogP contribution < -0.4 is 5.32 Å². The maximum absolute atomic E-state index is 11.6. The van der Waals surface area contributed by atoms with E-state index < -0.39 is 5.97 Å². The summed E-state index contributed by atoms with van der Waals surface area (Å²) in [5, 5.41) is 13.2. The Hall–Kier alpha value is -1.80. The highest BCUT2D eigenvalue weighted by Gasteiger charge is 2.11. The summed E-state index contributed by atoms with van der Waals surface area (Å²) in [6.45, 7) is 0. The van der Waals surface area contributed by atoms with E-state index in [0.29, 0.717) is 15.7 Å². The van der Waals surface area contributed by atoms with Gasteiger partial charge in [0.2, 0.25) is 0 Å². The summed E-state index contributed by atoms with van der Waals surface area (Å²) in [4.78, 5) is 30.3. The Morgan fingerprint density at radius 3 is 2.88 bits per heavy atom. The molecule has 0 radical (unpaired) electrons. The molecule has 0 unspecified atom stereocenters. The van der Waals surface area contributed by atoms with Gasteiger partial charge in [-0.3, -0.25) is 19.9 Å². The second-order valence-corrected chi connectivity index (χ2v) is 4.78. The number of rotatable bonds is 4. The fourth-order valence-corrected chi connectivity index (χ4v) is 2.31. The maximum atomic E-state index is 11.6. The quantitative estimate of drug-likeness (QED) is 0.877. The highest BCUT2D eigenvalue weighted by molar-refractivity contribution is 7.14. The standard InChI is InChI=1S/C9H7N3O3S2/c13-7(14)1-5-3-16-9(11-5)12-8(15)6-2-10-4-17-6/h2-4H,1H2,(H,13,14)(H,11,12,15). The van der Waals surface area contributed by atoms with E-state index in [-0.39, 0.29) is 12.3 Å². The number of carbonyl (C=O) groups is 2. The molecule has 8 heteroatoms. The van der Waals surface area contributed by atoms with Gasteiger partial charge in [0.1, 0.15) is 4.88 Å². The smallest absolute Gasteiger partial charge is 0.309 e. The van der Waals surface area contributed by atoms with Crippen molar-refractivity contribution in [1.29, 1.82) is 0 Å². The summed E-state index contributed by atoms with van der Waals surface area (Å²) in [5.74, 6) is -1.24. The lowest BCUT2D eigenvalue weighted by molar-refractivity contribution is -0.136. The predicted octanol–water partition coefficient (Wildman–Crippen LogP) is 1.48. The third kappa shape index (κ3) is 3.08. The molecule has 0 spiro atoms. The highest BCUT2D eigenvalue weighted by Crippen LogP contribution is 2.17. The Kier molecular flexibility index (Phi) is 3.45. The second-order valence-electron chi connectivity index (χ2n) is 3.03. The van der Waals surface area contributed by atoms with Gasteiger partial charge in [-0.2, -0.15) is 0 Å². The Balaban J connectivity index is 2.02. The Bertz CT molecular complexity index is 535. The average Bonchev–Trinajstić information content (AvgIpc) is 2.87. The van der Waals surface area contributed by atoms with E-state index in [4.69, 9.17) is 5.11 Å². The number of carbonyl (C=O) groups excluding carboxylic acids is 1. The number of hydrogen-bond acceptors (Lipinski definition) is 6. The zero-order valence-electron chi connectivity index (χ0n) is 8.41. The van der Waals surface area contributed by atoms with E-state index in [1.165, 1.54) is 28.9 Å². The molecule has 6 nitrogen and oxygen atoms in total. The molecule has 0 aliphatic rings. The maximum Gasteiger partial charge on any atom is 0.309 e. The Morgan fingerprint density at radius 2 is 2.24 bits per heavy atom. The number of anilines is 1. The molecule has 2 aromatic rings. The van der Waals surface area contributed by atoms with Gasteiger partial charge in [-0.05, 0) is 0 Å². The largest absolute Gasteiger partial charge is 0.481 e. The number of nitrogens with zero attached hydrogens (tertiary/aromatic N) is 2. The van der Waals surface area contributed by atoms with Gasteiger partial charge in [-0.25, -0.2) is 4.98 Å². The van der Waals surface area contributed by atoms with Crippen LogP contribution >= 0.6 is 22.7 Å². The first kappa shape index (κ1) is 11.7. The SMILES string of the molecule is O=C(O)Cc1csc(NC(=O)c2cncs2)n1. The van der Waals surface area contributed by atoms with Crippen molar-refractivity contribution in [2.24, 2.45) is 0 Å². The van der Waals surface area contributed by atoms with Gasteiger partial charge < -0.3 is 5.11 Å². The van der Waals surface area contributed by atoms with Gasteiger partial charge >= 0.3 is 5.97 Å². The molecule has 1 amide bonds. The van der Waals surface area contributed by atoms with Gasteiger partial charge in [-0.1, -0.05) is 0 Å². The molecule has 0 aliphatic heterocycles.